The molecule has 3 aromatic rings. The second-order valence-electron chi connectivity index (χ2n) is 7.78. The van der Waals surface area contributed by atoms with Crippen molar-refractivity contribution in [1.29, 1.82) is 0 Å². The van der Waals surface area contributed by atoms with Gasteiger partial charge in [0, 0.05) is 18.4 Å². The number of nitrogens with zero attached hydrogens (tertiary/aromatic N) is 2. The van der Waals surface area contributed by atoms with Gasteiger partial charge in [-0.05, 0) is 55.3 Å². The van der Waals surface area contributed by atoms with Crippen molar-refractivity contribution >= 4 is 34.9 Å². The third-order valence-electron chi connectivity index (χ3n) is 5.63. The van der Waals surface area contributed by atoms with E-state index < -0.39 is 5.91 Å². The standard InChI is InChI=1S/C26H24N4O3/c1-17-9-8-14-22(18(17)2)30-23(15-16-24(30)31)28-29-26(33)20-12-6-7-13-21(20)27-25(32)19-10-4-3-5-11-19/h3-14H,15-16H2,1-2H3,(H,27,32)(H,29,33)/b28-23+. The third kappa shape index (κ3) is 4.67. The van der Waals surface area contributed by atoms with Crippen LogP contribution in [0, 0.1) is 13.8 Å². The first-order valence-electron chi connectivity index (χ1n) is 10.7. The van der Waals surface area contributed by atoms with Gasteiger partial charge in [0.2, 0.25) is 5.91 Å². The maximum absolute atomic E-state index is 12.9. The molecule has 7 heteroatoms. The maximum Gasteiger partial charge on any atom is 0.273 e. The predicted octanol–water partition coefficient (Wildman–Crippen LogP) is 4.43. The molecule has 1 heterocycles. The van der Waals surface area contributed by atoms with Crippen LogP contribution in [0.2, 0.25) is 0 Å². The van der Waals surface area contributed by atoms with Crippen LogP contribution in [0.5, 0.6) is 0 Å². The second-order valence-corrected chi connectivity index (χ2v) is 7.78. The molecule has 0 saturated carbocycles. The van der Waals surface area contributed by atoms with Crippen molar-refractivity contribution in [3.05, 3.63) is 95.1 Å². The van der Waals surface area contributed by atoms with E-state index in [0.717, 1.165) is 16.8 Å². The van der Waals surface area contributed by atoms with E-state index in [4.69, 9.17) is 0 Å². The fourth-order valence-electron chi connectivity index (χ4n) is 3.69. The van der Waals surface area contributed by atoms with Crippen molar-refractivity contribution in [2.24, 2.45) is 5.10 Å². The molecule has 1 aliphatic heterocycles. The Morgan fingerprint density at radius 1 is 0.848 bits per heavy atom. The number of benzene rings is 3. The van der Waals surface area contributed by atoms with E-state index in [0.29, 0.717) is 29.9 Å². The molecule has 0 unspecified atom stereocenters. The van der Waals surface area contributed by atoms with Crippen LogP contribution < -0.4 is 15.6 Å². The van der Waals surface area contributed by atoms with Crippen molar-refractivity contribution in [2.75, 3.05) is 10.2 Å². The average Bonchev–Trinajstić information content (AvgIpc) is 3.20. The summed E-state index contributed by atoms with van der Waals surface area (Å²) in [7, 11) is 0. The van der Waals surface area contributed by atoms with Crippen molar-refractivity contribution in [1.82, 2.24) is 5.43 Å². The van der Waals surface area contributed by atoms with Gasteiger partial charge in [-0.3, -0.25) is 19.3 Å². The summed E-state index contributed by atoms with van der Waals surface area (Å²) in [6.45, 7) is 3.94. The zero-order valence-electron chi connectivity index (χ0n) is 18.5. The van der Waals surface area contributed by atoms with Crippen LogP contribution in [0.1, 0.15) is 44.7 Å². The summed E-state index contributed by atoms with van der Waals surface area (Å²) in [6, 6.07) is 21.2. The summed E-state index contributed by atoms with van der Waals surface area (Å²) in [6.07, 6.45) is 0.755. The molecule has 3 aromatic carbocycles. The van der Waals surface area contributed by atoms with Gasteiger partial charge in [-0.25, -0.2) is 5.43 Å². The molecule has 7 nitrogen and oxygen atoms in total. The Morgan fingerprint density at radius 3 is 2.36 bits per heavy atom. The number of para-hydroxylation sites is 1. The minimum atomic E-state index is -0.480. The number of nitrogens with one attached hydrogen (secondary N) is 2. The topological polar surface area (TPSA) is 90.9 Å². The molecule has 0 atom stereocenters. The van der Waals surface area contributed by atoms with Crippen LogP contribution >= 0.6 is 0 Å². The molecule has 0 aliphatic carbocycles. The van der Waals surface area contributed by atoms with Gasteiger partial charge < -0.3 is 5.32 Å². The molecule has 33 heavy (non-hydrogen) atoms. The highest BCUT2D eigenvalue weighted by Gasteiger charge is 2.30. The lowest BCUT2D eigenvalue weighted by Gasteiger charge is -2.20. The molecule has 0 bridgehead atoms. The van der Waals surface area contributed by atoms with Gasteiger partial charge in [0.1, 0.15) is 5.84 Å². The number of hydrogen-bond donors (Lipinski definition) is 2. The van der Waals surface area contributed by atoms with Crippen molar-refractivity contribution in [2.45, 2.75) is 26.7 Å². The average molecular weight is 441 g/mol. The van der Waals surface area contributed by atoms with E-state index in [-0.39, 0.29) is 17.4 Å². The van der Waals surface area contributed by atoms with Gasteiger partial charge in [-0.15, -0.1) is 0 Å². The monoisotopic (exact) mass is 440 g/mol. The molecule has 166 valence electrons. The van der Waals surface area contributed by atoms with Gasteiger partial charge in [-0.1, -0.05) is 42.5 Å². The fraction of sp³-hybridized carbons (Fsp3) is 0.154. The van der Waals surface area contributed by atoms with E-state index in [9.17, 15) is 14.4 Å². The quantitative estimate of drug-likeness (QED) is 0.575. The molecule has 0 spiro atoms. The molecule has 1 saturated heterocycles. The lowest BCUT2D eigenvalue weighted by atomic mass is 10.1. The second kappa shape index (κ2) is 9.48. The number of rotatable bonds is 5. The number of hydrogen-bond acceptors (Lipinski definition) is 4. The first kappa shape index (κ1) is 22.0. The summed E-state index contributed by atoms with van der Waals surface area (Å²) in [4.78, 5) is 39.6. The van der Waals surface area contributed by atoms with E-state index >= 15 is 0 Å². The largest absolute Gasteiger partial charge is 0.321 e. The number of hydrazone groups is 1. The highest BCUT2D eigenvalue weighted by Crippen LogP contribution is 2.28. The Kier molecular flexibility index (Phi) is 6.31. The van der Waals surface area contributed by atoms with E-state index in [1.165, 1.54) is 0 Å². The molecule has 3 amide bonds. The molecule has 1 fully saturated rings. The van der Waals surface area contributed by atoms with Crippen LogP contribution in [0.25, 0.3) is 0 Å². The highest BCUT2D eigenvalue weighted by molar-refractivity contribution is 6.22. The number of anilines is 2. The van der Waals surface area contributed by atoms with Crippen molar-refractivity contribution < 1.29 is 14.4 Å². The summed E-state index contributed by atoms with van der Waals surface area (Å²) in [5, 5.41) is 7.04. The summed E-state index contributed by atoms with van der Waals surface area (Å²) in [5.74, 6) is -0.378. The Bertz CT molecular complexity index is 1250. The zero-order valence-corrected chi connectivity index (χ0v) is 18.5. The van der Waals surface area contributed by atoms with Crippen molar-refractivity contribution in [3.63, 3.8) is 0 Å². The van der Waals surface area contributed by atoms with Gasteiger partial charge in [0.25, 0.3) is 11.8 Å². The molecule has 1 aliphatic rings. The third-order valence-corrected chi connectivity index (χ3v) is 5.63. The fourth-order valence-corrected chi connectivity index (χ4v) is 3.69. The molecular weight excluding hydrogens is 416 g/mol. The number of carbonyl (C=O) groups excluding carboxylic acids is 3. The Morgan fingerprint density at radius 2 is 1.58 bits per heavy atom. The summed E-state index contributed by atoms with van der Waals surface area (Å²) >= 11 is 0. The smallest absolute Gasteiger partial charge is 0.273 e. The first-order valence-corrected chi connectivity index (χ1v) is 10.7. The number of amides is 3. The molecule has 0 radical (unpaired) electrons. The number of amidine groups is 1. The molecule has 4 rings (SSSR count). The number of carbonyl (C=O) groups is 3. The van der Waals surface area contributed by atoms with Gasteiger partial charge in [0.05, 0.1) is 16.9 Å². The lowest BCUT2D eigenvalue weighted by molar-refractivity contribution is -0.116. The van der Waals surface area contributed by atoms with Crippen LogP contribution in [-0.2, 0) is 4.79 Å². The van der Waals surface area contributed by atoms with Crippen LogP contribution in [0.4, 0.5) is 11.4 Å². The SMILES string of the molecule is Cc1cccc(N2C(=O)CC/C2=N\NC(=O)c2ccccc2NC(=O)c2ccccc2)c1C. The highest BCUT2D eigenvalue weighted by atomic mass is 16.2. The summed E-state index contributed by atoms with van der Waals surface area (Å²) < 4.78 is 0. The first-order chi connectivity index (χ1) is 16.0. The Hall–Kier alpha value is -4.26. The zero-order chi connectivity index (χ0) is 23.4. The lowest BCUT2D eigenvalue weighted by Crippen LogP contribution is -2.32. The molecule has 0 aromatic heterocycles. The van der Waals surface area contributed by atoms with Gasteiger partial charge in [-0.2, -0.15) is 5.10 Å². The van der Waals surface area contributed by atoms with Gasteiger partial charge in [0.15, 0.2) is 0 Å². The van der Waals surface area contributed by atoms with Crippen LogP contribution in [0.15, 0.2) is 77.9 Å². The normalized spacial score (nSPS) is 14.4. The minimum Gasteiger partial charge on any atom is -0.321 e. The van der Waals surface area contributed by atoms with Crippen LogP contribution in [0.3, 0.4) is 0 Å². The minimum absolute atomic E-state index is 0.0628. The predicted molar refractivity (Wildman–Crippen MR) is 128 cm³/mol. The van der Waals surface area contributed by atoms with Crippen LogP contribution in [-0.4, -0.2) is 23.6 Å². The van der Waals surface area contributed by atoms with Gasteiger partial charge >= 0.3 is 0 Å². The molecule has 2 N–H and O–H groups in total. The van der Waals surface area contributed by atoms with E-state index in [1.807, 2.05) is 38.1 Å². The maximum atomic E-state index is 12.9. The van der Waals surface area contributed by atoms with E-state index in [2.05, 4.69) is 15.8 Å². The number of aryl methyl sites for hydroxylation is 1. The Balaban J connectivity index is 1.54. The molecular formula is C26H24N4O3. The van der Waals surface area contributed by atoms with Crippen molar-refractivity contribution in [3.8, 4) is 0 Å². The Labute approximate surface area is 192 Å². The summed E-state index contributed by atoms with van der Waals surface area (Å²) in [5.41, 5.74) is 6.51. The van der Waals surface area contributed by atoms with E-state index in [1.54, 1.807) is 53.4 Å².